The summed E-state index contributed by atoms with van der Waals surface area (Å²) in [5, 5.41) is 9.51. The second kappa shape index (κ2) is 2.79. The molecule has 0 saturated carbocycles. The monoisotopic (exact) mass is 164 g/mol. The number of hydrogen-bond donors (Lipinski definition) is 1. The number of hydrogen-bond acceptors (Lipinski definition) is 2. The van der Waals surface area contributed by atoms with Gasteiger partial charge in [0.15, 0.2) is 0 Å². The van der Waals surface area contributed by atoms with Crippen LogP contribution in [-0.4, -0.2) is 17.8 Å². The van der Waals surface area contributed by atoms with Gasteiger partial charge in [-0.15, -0.1) is 0 Å². The minimum Gasteiger partial charge on any atom is -0.508 e. The van der Waals surface area contributed by atoms with Crippen molar-refractivity contribution in [1.29, 1.82) is 0 Å². The van der Waals surface area contributed by atoms with Gasteiger partial charge in [0, 0.05) is 6.42 Å². The summed E-state index contributed by atoms with van der Waals surface area (Å²) in [6.45, 7) is 2.85. The van der Waals surface area contributed by atoms with Gasteiger partial charge in [0.25, 0.3) is 0 Å². The highest BCUT2D eigenvalue weighted by molar-refractivity contribution is 5.39. The molecule has 0 amide bonds. The number of phenolic OH excluding ortho intramolecular Hbond substituents is 1. The maximum Gasteiger partial charge on any atom is 0.119 e. The van der Waals surface area contributed by atoms with Gasteiger partial charge in [-0.05, 0) is 24.1 Å². The molecule has 1 saturated heterocycles. The Morgan fingerprint density at radius 3 is 2.92 bits per heavy atom. The number of rotatable bonds is 2. The molecule has 0 aromatic heterocycles. The number of benzene rings is 1. The molecule has 2 heteroatoms. The third-order valence-electron chi connectivity index (χ3n) is 2.22. The quantitative estimate of drug-likeness (QED) is 0.674. The first kappa shape index (κ1) is 7.62. The lowest BCUT2D eigenvalue weighted by atomic mass is 10.0. The van der Waals surface area contributed by atoms with Crippen LogP contribution in [-0.2, 0) is 11.2 Å². The molecule has 0 bridgehead atoms. The lowest BCUT2D eigenvalue weighted by molar-refractivity contribution is 0.401. The molecule has 1 aromatic rings. The van der Waals surface area contributed by atoms with E-state index in [9.17, 15) is 5.11 Å². The minimum absolute atomic E-state index is 0.344. The van der Waals surface area contributed by atoms with E-state index in [4.69, 9.17) is 4.74 Å². The molecule has 1 aliphatic rings. The van der Waals surface area contributed by atoms with Crippen molar-refractivity contribution in [3.63, 3.8) is 0 Å². The summed E-state index contributed by atoms with van der Waals surface area (Å²) in [7, 11) is 0. The van der Waals surface area contributed by atoms with Crippen molar-refractivity contribution in [2.24, 2.45) is 0 Å². The summed E-state index contributed by atoms with van der Waals surface area (Å²) in [5.74, 6) is 0.394. The van der Waals surface area contributed by atoms with Gasteiger partial charge in [-0.2, -0.15) is 0 Å². The SMILES string of the molecule is Cc1cccc(O)c1CC1CO1. The summed E-state index contributed by atoms with van der Waals surface area (Å²) >= 11 is 0. The maximum atomic E-state index is 9.51. The second-order valence-corrected chi connectivity index (χ2v) is 3.23. The molecule has 12 heavy (non-hydrogen) atoms. The summed E-state index contributed by atoms with van der Waals surface area (Å²) in [6, 6.07) is 5.60. The highest BCUT2D eigenvalue weighted by Crippen LogP contribution is 2.25. The zero-order valence-corrected chi connectivity index (χ0v) is 7.08. The number of aromatic hydroxyl groups is 1. The Hall–Kier alpha value is -1.02. The molecule has 2 rings (SSSR count). The Labute approximate surface area is 71.8 Å². The number of ether oxygens (including phenoxy) is 1. The first-order chi connectivity index (χ1) is 5.77. The van der Waals surface area contributed by atoms with Gasteiger partial charge in [-0.25, -0.2) is 0 Å². The van der Waals surface area contributed by atoms with E-state index in [2.05, 4.69) is 0 Å². The van der Waals surface area contributed by atoms with Crippen LogP contribution in [0.2, 0.25) is 0 Å². The molecule has 0 aliphatic carbocycles. The molecule has 1 N–H and O–H groups in total. The maximum absolute atomic E-state index is 9.51. The third-order valence-corrected chi connectivity index (χ3v) is 2.22. The summed E-state index contributed by atoms with van der Waals surface area (Å²) < 4.78 is 5.11. The Morgan fingerprint density at radius 2 is 2.33 bits per heavy atom. The van der Waals surface area contributed by atoms with E-state index in [1.54, 1.807) is 6.07 Å². The summed E-state index contributed by atoms with van der Waals surface area (Å²) in [4.78, 5) is 0. The van der Waals surface area contributed by atoms with Crippen molar-refractivity contribution in [3.05, 3.63) is 29.3 Å². The molecule has 2 nitrogen and oxygen atoms in total. The molecule has 1 aliphatic heterocycles. The van der Waals surface area contributed by atoms with Crippen molar-refractivity contribution in [3.8, 4) is 5.75 Å². The fourth-order valence-electron chi connectivity index (χ4n) is 1.37. The number of aryl methyl sites for hydroxylation is 1. The molecular formula is C10H12O2. The topological polar surface area (TPSA) is 32.8 Å². The van der Waals surface area contributed by atoms with Crippen molar-refractivity contribution >= 4 is 0 Å². The van der Waals surface area contributed by atoms with Gasteiger partial charge in [-0.1, -0.05) is 12.1 Å². The Morgan fingerprint density at radius 1 is 1.58 bits per heavy atom. The first-order valence-electron chi connectivity index (χ1n) is 4.16. The summed E-state index contributed by atoms with van der Waals surface area (Å²) in [6.07, 6.45) is 1.19. The molecular weight excluding hydrogens is 152 g/mol. The van der Waals surface area contributed by atoms with Gasteiger partial charge in [-0.3, -0.25) is 0 Å². The van der Waals surface area contributed by atoms with Gasteiger partial charge >= 0.3 is 0 Å². The summed E-state index contributed by atoms with van der Waals surface area (Å²) in [5.41, 5.74) is 2.17. The van der Waals surface area contributed by atoms with Gasteiger partial charge in [0.1, 0.15) is 5.75 Å². The second-order valence-electron chi connectivity index (χ2n) is 3.23. The van der Waals surface area contributed by atoms with E-state index in [0.717, 1.165) is 24.2 Å². The van der Waals surface area contributed by atoms with Gasteiger partial charge in [0.2, 0.25) is 0 Å². The minimum atomic E-state index is 0.344. The lowest BCUT2D eigenvalue weighted by Crippen LogP contribution is -1.96. The zero-order chi connectivity index (χ0) is 8.55. The van der Waals surface area contributed by atoms with Crippen LogP contribution in [0.3, 0.4) is 0 Å². The van der Waals surface area contributed by atoms with Crippen molar-refractivity contribution in [2.45, 2.75) is 19.4 Å². The standard InChI is InChI=1S/C10H12O2/c1-7-3-2-4-10(11)9(7)5-8-6-12-8/h2-4,8,11H,5-6H2,1H3. The largest absolute Gasteiger partial charge is 0.508 e. The van der Waals surface area contributed by atoms with E-state index >= 15 is 0 Å². The van der Waals surface area contributed by atoms with E-state index in [-0.39, 0.29) is 0 Å². The first-order valence-corrected chi connectivity index (χ1v) is 4.16. The van der Waals surface area contributed by atoms with Crippen LogP contribution in [0, 0.1) is 6.92 Å². The van der Waals surface area contributed by atoms with Crippen molar-refractivity contribution in [1.82, 2.24) is 0 Å². The van der Waals surface area contributed by atoms with Gasteiger partial charge < -0.3 is 9.84 Å². The van der Waals surface area contributed by atoms with Crippen molar-refractivity contribution in [2.75, 3.05) is 6.61 Å². The Bertz CT molecular complexity index is 270. The van der Waals surface area contributed by atoms with Crippen LogP contribution in [0.15, 0.2) is 18.2 Å². The zero-order valence-electron chi connectivity index (χ0n) is 7.08. The number of phenols is 1. The average Bonchev–Trinajstić information content (AvgIpc) is 2.80. The molecule has 64 valence electrons. The molecule has 1 heterocycles. The molecule has 1 atom stereocenters. The molecule has 1 unspecified atom stereocenters. The average molecular weight is 164 g/mol. The molecule has 1 fully saturated rings. The fraction of sp³-hybridized carbons (Fsp3) is 0.400. The molecule has 0 spiro atoms. The van der Waals surface area contributed by atoms with Crippen LogP contribution >= 0.6 is 0 Å². The van der Waals surface area contributed by atoms with E-state index in [0.29, 0.717) is 11.9 Å². The van der Waals surface area contributed by atoms with Crippen LogP contribution in [0.5, 0.6) is 5.75 Å². The lowest BCUT2D eigenvalue weighted by Gasteiger charge is -2.05. The number of epoxide rings is 1. The van der Waals surface area contributed by atoms with Crippen LogP contribution in [0.4, 0.5) is 0 Å². The van der Waals surface area contributed by atoms with Crippen LogP contribution < -0.4 is 0 Å². The normalized spacial score (nSPS) is 20.9. The highest BCUT2D eigenvalue weighted by atomic mass is 16.6. The van der Waals surface area contributed by atoms with E-state index < -0.39 is 0 Å². The third kappa shape index (κ3) is 1.43. The molecule has 1 aromatic carbocycles. The van der Waals surface area contributed by atoms with Crippen molar-refractivity contribution < 1.29 is 9.84 Å². The Kier molecular flexibility index (Phi) is 1.77. The van der Waals surface area contributed by atoms with Crippen LogP contribution in [0.25, 0.3) is 0 Å². The van der Waals surface area contributed by atoms with Gasteiger partial charge in [0.05, 0.1) is 12.7 Å². The highest BCUT2D eigenvalue weighted by Gasteiger charge is 2.24. The van der Waals surface area contributed by atoms with Crippen LogP contribution in [0.1, 0.15) is 11.1 Å². The molecule has 0 radical (unpaired) electrons. The smallest absolute Gasteiger partial charge is 0.119 e. The predicted octanol–water partition coefficient (Wildman–Crippen LogP) is 1.64. The van der Waals surface area contributed by atoms with E-state index in [1.807, 2.05) is 19.1 Å². The fourth-order valence-corrected chi connectivity index (χ4v) is 1.37. The van der Waals surface area contributed by atoms with E-state index in [1.165, 1.54) is 0 Å². The Balaban J connectivity index is 2.26. The predicted molar refractivity (Wildman–Crippen MR) is 46.3 cm³/mol.